The van der Waals surface area contributed by atoms with E-state index in [4.69, 9.17) is 4.74 Å². The molecule has 0 unspecified atom stereocenters. The molecule has 0 aliphatic heterocycles. The lowest BCUT2D eigenvalue weighted by Crippen LogP contribution is -2.15. The van der Waals surface area contributed by atoms with Gasteiger partial charge in [-0.15, -0.1) is 0 Å². The first-order valence-electron chi connectivity index (χ1n) is 7.43. The van der Waals surface area contributed by atoms with E-state index in [9.17, 15) is 0 Å². The van der Waals surface area contributed by atoms with Crippen molar-refractivity contribution in [2.45, 2.75) is 38.6 Å². The van der Waals surface area contributed by atoms with E-state index in [1.54, 1.807) is 0 Å². The highest BCUT2D eigenvalue weighted by atomic mass is 79.9. The lowest BCUT2D eigenvalue weighted by atomic mass is 10.1. The van der Waals surface area contributed by atoms with E-state index in [0.29, 0.717) is 13.2 Å². The van der Waals surface area contributed by atoms with Gasteiger partial charge in [-0.05, 0) is 35.6 Å². The maximum atomic E-state index is 5.79. The van der Waals surface area contributed by atoms with Crippen LogP contribution in [0.2, 0.25) is 0 Å². The van der Waals surface area contributed by atoms with Crippen LogP contribution < -0.4 is 5.32 Å². The van der Waals surface area contributed by atoms with Gasteiger partial charge in [0.05, 0.1) is 13.2 Å². The van der Waals surface area contributed by atoms with Crippen molar-refractivity contribution < 1.29 is 4.74 Å². The summed E-state index contributed by atoms with van der Waals surface area (Å²) >= 11 is 3.54. The Hall–Kier alpha value is -1.16. The van der Waals surface area contributed by atoms with E-state index in [2.05, 4.69) is 51.6 Å². The fourth-order valence-corrected chi connectivity index (χ4v) is 2.60. The summed E-state index contributed by atoms with van der Waals surface area (Å²) in [7, 11) is 0. The molecule has 1 fully saturated rings. The number of benzene rings is 2. The van der Waals surface area contributed by atoms with E-state index in [1.165, 1.54) is 29.5 Å². The molecule has 0 atom stereocenters. The predicted molar refractivity (Wildman–Crippen MR) is 88.9 cm³/mol. The van der Waals surface area contributed by atoms with Gasteiger partial charge >= 0.3 is 0 Å². The summed E-state index contributed by atoms with van der Waals surface area (Å²) in [5.74, 6) is 0. The molecule has 0 spiro atoms. The van der Waals surface area contributed by atoms with E-state index >= 15 is 0 Å². The Morgan fingerprint density at radius 3 is 2.38 bits per heavy atom. The Kier molecular flexibility index (Phi) is 5.07. The third-order valence-electron chi connectivity index (χ3n) is 3.68. The molecule has 2 nitrogen and oxygen atoms in total. The highest BCUT2D eigenvalue weighted by Crippen LogP contribution is 2.20. The van der Waals surface area contributed by atoms with E-state index in [0.717, 1.165) is 17.1 Å². The smallest absolute Gasteiger partial charge is 0.0732 e. The summed E-state index contributed by atoms with van der Waals surface area (Å²) in [4.78, 5) is 0. The summed E-state index contributed by atoms with van der Waals surface area (Å²) < 4.78 is 6.89. The summed E-state index contributed by atoms with van der Waals surface area (Å²) in [6.07, 6.45) is 2.67. The lowest BCUT2D eigenvalue weighted by molar-refractivity contribution is 0.107. The second-order valence-electron chi connectivity index (χ2n) is 5.56. The summed E-state index contributed by atoms with van der Waals surface area (Å²) in [5.41, 5.74) is 3.75. The van der Waals surface area contributed by atoms with Crippen molar-refractivity contribution in [1.82, 2.24) is 5.32 Å². The van der Waals surface area contributed by atoms with Gasteiger partial charge in [-0.3, -0.25) is 0 Å². The van der Waals surface area contributed by atoms with Crippen molar-refractivity contribution in [2.24, 2.45) is 0 Å². The van der Waals surface area contributed by atoms with Crippen LogP contribution in [0, 0.1) is 0 Å². The van der Waals surface area contributed by atoms with Crippen molar-refractivity contribution in [3.8, 4) is 0 Å². The normalized spacial score (nSPS) is 14.3. The van der Waals surface area contributed by atoms with Crippen LogP contribution in [0.5, 0.6) is 0 Å². The molecular weight excluding hydrogens is 326 g/mol. The first-order chi connectivity index (χ1) is 10.3. The minimum Gasteiger partial charge on any atom is -0.372 e. The molecule has 0 bridgehead atoms. The molecule has 1 saturated carbocycles. The first kappa shape index (κ1) is 14.8. The molecule has 2 aromatic carbocycles. The first-order valence-corrected chi connectivity index (χ1v) is 8.23. The topological polar surface area (TPSA) is 21.3 Å². The van der Waals surface area contributed by atoms with Gasteiger partial charge in [0.25, 0.3) is 0 Å². The van der Waals surface area contributed by atoms with E-state index in [-0.39, 0.29) is 0 Å². The Morgan fingerprint density at radius 1 is 0.952 bits per heavy atom. The molecule has 0 saturated heterocycles. The molecule has 0 aromatic heterocycles. The van der Waals surface area contributed by atoms with Crippen LogP contribution in [-0.4, -0.2) is 6.04 Å². The summed E-state index contributed by atoms with van der Waals surface area (Å²) in [6, 6.07) is 17.6. The van der Waals surface area contributed by atoms with E-state index in [1.807, 2.05) is 18.2 Å². The van der Waals surface area contributed by atoms with Crippen LogP contribution in [0.3, 0.4) is 0 Å². The van der Waals surface area contributed by atoms with Gasteiger partial charge in [-0.25, -0.2) is 0 Å². The standard InChI is InChI=1S/C18H20BrNO/c19-18-4-2-1-3-16(18)13-21-12-15-7-5-14(6-8-15)11-20-17-9-10-17/h1-8,17,20H,9-13H2. The molecule has 0 radical (unpaired) electrons. The Balaban J connectivity index is 1.45. The van der Waals surface area contributed by atoms with Gasteiger partial charge in [-0.1, -0.05) is 58.4 Å². The van der Waals surface area contributed by atoms with Gasteiger partial charge in [0.2, 0.25) is 0 Å². The summed E-state index contributed by atoms with van der Waals surface area (Å²) in [6.45, 7) is 2.26. The average Bonchev–Trinajstić information content (AvgIpc) is 3.33. The van der Waals surface area contributed by atoms with Crippen LogP contribution in [0.15, 0.2) is 53.0 Å². The van der Waals surface area contributed by atoms with Gasteiger partial charge in [-0.2, -0.15) is 0 Å². The lowest BCUT2D eigenvalue weighted by Gasteiger charge is -2.08. The molecular formula is C18H20BrNO. The van der Waals surface area contributed by atoms with Crippen molar-refractivity contribution in [3.05, 3.63) is 69.7 Å². The molecule has 0 heterocycles. The fraction of sp³-hybridized carbons (Fsp3) is 0.333. The molecule has 21 heavy (non-hydrogen) atoms. The van der Waals surface area contributed by atoms with Crippen LogP contribution in [0.1, 0.15) is 29.5 Å². The van der Waals surface area contributed by atoms with Crippen molar-refractivity contribution in [1.29, 1.82) is 0 Å². The second-order valence-corrected chi connectivity index (χ2v) is 6.41. The van der Waals surface area contributed by atoms with Crippen LogP contribution in [0.25, 0.3) is 0 Å². The molecule has 2 aromatic rings. The Bertz CT molecular complexity index is 578. The number of nitrogens with one attached hydrogen (secondary N) is 1. The van der Waals surface area contributed by atoms with E-state index < -0.39 is 0 Å². The number of hydrogen-bond acceptors (Lipinski definition) is 2. The van der Waals surface area contributed by atoms with Gasteiger partial charge < -0.3 is 10.1 Å². The predicted octanol–water partition coefficient (Wildman–Crippen LogP) is 4.42. The minimum absolute atomic E-state index is 0.631. The third-order valence-corrected chi connectivity index (χ3v) is 4.45. The molecule has 1 aliphatic carbocycles. The number of hydrogen-bond donors (Lipinski definition) is 1. The fourth-order valence-electron chi connectivity index (χ4n) is 2.20. The largest absolute Gasteiger partial charge is 0.372 e. The zero-order chi connectivity index (χ0) is 14.5. The minimum atomic E-state index is 0.631. The quantitative estimate of drug-likeness (QED) is 0.801. The Morgan fingerprint density at radius 2 is 1.67 bits per heavy atom. The molecule has 110 valence electrons. The number of halogens is 1. The molecule has 1 aliphatic rings. The van der Waals surface area contributed by atoms with Gasteiger partial charge in [0.15, 0.2) is 0 Å². The zero-order valence-corrected chi connectivity index (χ0v) is 13.6. The third kappa shape index (κ3) is 4.67. The molecule has 3 heteroatoms. The van der Waals surface area contributed by atoms with Crippen molar-refractivity contribution in [3.63, 3.8) is 0 Å². The number of rotatable bonds is 7. The Labute approximate surface area is 134 Å². The zero-order valence-electron chi connectivity index (χ0n) is 12.0. The molecule has 3 rings (SSSR count). The monoisotopic (exact) mass is 345 g/mol. The highest BCUT2D eigenvalue weighted by molar-refractivity contribution is 9.10. The molecule has 1 N–H and O–H groups in total. The molecule has 0 amide bonds. The van der Waals surface area contributed by atoms with Crippen molar-refractivity contribution >= 4 is 15.9 Å². The van der Waals surface area contributed by atoms with Gasteiger partial charge in [0.1, 0.15) is 0 Å². The van der Waals surface area contributed by atoms with Gasteiger partial charge in [0, 0.05) is 17.1 Å². The van der Waals surface area contributed by atoms with Crippen LogP contribution in [0.4, 0.5) is 0 Å². The average molecular weight is 346 g/mol. The maximum absolute atomic E-state index is 5.79. The SMILES string of the molecule is Brc1ccccc1COCc1ccc(CNC2CC2)cc1. The maximum Gasteiger partial charge on any atom is 0.0732 e. The highest BCUT2D eigenvalue weighted by Gasteiger charge is 2.19. The number of ether oxygens (including phenoxy) is 1. The summed E-state index contributed by atoms with van der Waals surface area (Å²) in [5, 5.41) is 3.53. The van der Waals surface area contributed by atoms with Crippen LogP contribution in [-0.2, 0) is 24.5 Å². The van der Waals surface area contributed by atoms with Crippen LogP contribution >= 0.6 is 15.9 Å². The second kappa shape index (κ2) is 7.21. The van der Waals surface area contributed by atoms with Crippen molar-refractivity contribution in [2.75, 3.05) is 0 Å².